The fraction of sp³-hybridized carbons (Fsp3) is 0.364. The van der Waals surface area contributed by atoms with Crippen molar-refractivity contribution in [1.29, 1.82) is 0 Å². The summed E-state index contributed by atoms with van der Waals surface area (Å²) in [5.41, 5.74) is 3.81. The molecule has 0 spiro atoms. The first-order valence-electron chi connectivity index (χ1n) is 9.65. The number of piperidine rings is 1. The summed E-state index contributed by atoms with van der Waals surface area (Å²) in [6, 6.07) is 10.0. The molecule has 0 aliphatic carbocycles. The lowest BCUT2D eigenvalue weighted by molar-refractivity contribution is 0.0692. The van der Waals surface area contributed by atoms with Crippen molar-refractivity contribution in [3.8, 4) is 11.1 Å². The van der Waals surface area contributed by atoms with E-state index in [4.69, 9.17) is 0 Å². The van der Waals surface area contributed by atoms with E-state index in [1.165, 1.54) is 19.3 Å². The third-order valence-corrected chi connectivity index (χ3v) is 5.42. The van der Waals surface area contributed by atoms with E-state index in [0.717, 1.165) is 46.5 Å². The molecule has 0 saturated carbocycles. The van der Waals surface area contributed by atoms with Gasteiger partial charge in [-0.3, -0.25) is 0 Å². The lowest BCUT2D eigenvalue weighted by Gasteiger charge is -2.27. The van der Waals surface area contributed by atoms with Gasteiger partial charge >= 0.3 is 5.97 Å². The molecule has 0 unspecified atom stereocenters. The third kappa shape index (κ3) is 3.18. The molecule has 4 rings (SSSR count). The first-order chi connectivity index (χ1) is 13.1. The van der Waals surface area contributed by atoms with Crippen LogP contribution in [0.2, 0.25) is 0 Å². The van der Waals surface area contributed by atoms with Crippen LogP contribution < -0.4 is 4.90 Å². The van der Waals surface area contributed by atoms with Crippen LogP contribution in [0.15, 0.2) is 36.5 Å². The number of rotatable bonds is 4. The highest BCUT2D eigenvalue weighted by atomic mass is 16.4. The Morgan fingerprint density at radius 2 is 1.93 bits per heavy atom. The second kappa shape index (κ2) is 7.06. The normalized spacial score (nSPS) is 14.9. The highest BCUT2D eigenvalue weighted by Crippen LogP contribution is 2.36. The number of aromatic carboxylic acids is 1. The van der Waals surface area contributed by atoms with E-state index in [-0.39, 0.29) is 5.69 Å². The minimum Gasteiger partial charge on any atom is -0.477 e. The molecule has 140 valence electrons. The number of para-hydroxylation sites is 1. The van der Waals surface area contributed by atoms with Gasteiger partial charge in [-0.25, -0.2) is 9.78 Å². The second-order valence-electron chi connectivity index (χ2n) is 7.56. The van der Waals surface area contributed by atoms with Gasteiger partial charge in [-0.2, -0.15) is 0 Å². The molecule has 0 amide bonds. The van der Waals surface area contributed by atoms with Crippen LogP contribution in [0.25, 0.3) is 22.0 Å². The maximum atomic E-state index is 11.9. The van der Waals surface area contributed by atoms with Crippen molar-refractivity contribution in [2.75, 3.05) is 18.0 Å². The molecule has 1 aromatic carbocycles. The van der Waals surface area contributed by atoms with Crippen molar-refractivity contribution < 1.29 is 9.90 Å². The first kappa shape index (κ1) is 17.6. The Morgan fingerprint density at radius 3 is 2.56 bits per heavy atom. The molecule has 27 heavy (non-hydrogen) atoms. The predicted molar refractivity (Wildman–Crippen MR) is 109 cm³/mol. The topological polar surface area (TPSA) is 69.2 Å². The molecule has 2 aromatic heterocycles. The Kier molecular flexibility index (Phi) is 4.60. The number of H-pyrrole nitrogens is 1. The number of benzene rings is 1. The summed E-state index contributed by atoms with van der Waals surface area (Å²) in [6.07, 6.45) is 5.49. The molecule has 3 aromatic rings. The quantitative estimate of drug-likeness (QED) is 0.681. The molecule has 0 radical (unpaired) electrons. The summed E-state index contributed by atoms with van der Waals surface area (Å²) >= 11 is 0. The number of pyridine rings is 1. The number of carboxylic acid groups (broad SMARTS) is 1. The molecule has 1 aliphatic rings. The van der Waals surface area contributed by atoms with Gasteiger partial charge in [-0.05, 0) is 42.9 Å². The Bertz CT molecular complexity index is 967. The monoisotopic (exact) mass is 363 g/mol. The molecule has 1 fully saturated rings. The smallest absolute Gasteiger partial charge is 0.352 e. The molecule has 2 N–H and O–H groups in total. The Labute approximate surface area is 159 Å². The summed E-state index contributed by atoms with van der Waals surface area (Å²) < 4.78 is 0. The number of carboxylic acids is 1. The van der Waals surface area contributed by atoms with Crippen LogP contribution in [-0.2, 0) is 0 Å². The molecule has 0 atom stereocenters. The Hall–Kier alpha value is -2.82. The van der Waals surface area contributed by atoms with E-state index in [9.17, 15) is 9.90 Å². The standard InChI is InChI=1S/C22H25N3O2/c1-14(2)16-7-6-8-17-19(21(22(26)27)24-20(16)17)15-9-10-18(23-13-15)25-11-4-3-5-12-25/h6-10,13-14,24H,3-5,11-12H2,1-2H3,(H,26,27). The van der Waals surface area contributed by atoms with E-state index in [0.29, 0.717) is 5.92 Å². The molecule has 5 heteroatoms. The zero-order valence-electron chi connectivity index (χ0n) is 15.8. The zero-order chi connectivity index (χ0) is 19.0. The number of hydrogen-bond acceptors (Lipinski definition) is 3. The fourth-order valence-electron chi connectivity index (χ4n) is 4.03. The highest BCUT2D eigenvalue weighted by molar-refractivity contribution is 6.08. The highest BCUT2D eigenvalue weighted by Gasteiger charge is 2.21. The van der Waals surface area contributed by atoms with Crippen LogP contribution in [0.5, 0.6) is 0 Å². The van der Waals surface area contributed by atoms with Crippen LogP contribution in [0, 0.1) is 0 Å². The number of carbonyl (C=O) groups is 1. The van der Waals surface area contributed by atoms with Gasteiger partial charge in [-0.15, -0.1) is 0 Å². The molecule has 5 nitrogen and oxygen atoms in total. The van der Waals surface area contributed by atoms with Gasteiger partial charge in [0.15, 0.2) is 0 Å². The number of aromatic nitrogens is 2. The largest absolute Gasteiger partial charge is 0.477 e. The maximum Gasteiger partial charge on any atom is 0.352 e. The van der Waals surface area contributed by atoms with Crippen LogP contribution >= 0.6 is 0 Å². The first-order valence-corrected chi connectivity index (χ1v) is 9.65. The Balaban J connectivity index is 1.81. The van der Waals surface area contributed by atoms with Crippen molar-refractivity contribution in [2.24, 2.45) is 0 Å². The summed E-state index contributed by atoms with van der Waals surface area (Å²) in [4.78, 5) is 22.0. The van der Waals surface area contributed by atoms with E-state index >= 15 is 0 Å². The Morgan fingerprint density at radius 1 is 1.15 bits per heavy atom. The van der Waals surface area contributed by atoms with Gasteiger partial charge in [-0.1, -0.05) is 32.0 Å². The van der Waals surface area contributed by atoms with Crippen molar-refractivity contribution in [3.05, 3.63) is 47.8 Å². The van der Waals surface area contributed by atoms with Gasteiger partial charge in [0.2, 0.25) is 0 Å². The number of hydrogen-bond donors (Lipinski definition) is 2. The molecule has 0 bridgehead atoms. The van der Waals surface area contributed by atoms with Gasteiger partial charge < -0.3 is 15.0 Å². The summed E-state index contributed by atoms with van der Waals surface area (Å²) in [5.74, 6) is 0.329. The number of nitrogens with zero attached hydrogens (tertiary/aromatic N) is 2. The summed E-state index contributed by atoms with van der Waals surface area (Å²) in [7, 11) is 0. The summed E-state index contributed by atoms with van der Waals surface area (Å²) in [6.45, 7) is 6.31. The van der Waals surface area contributed by atoms with Crippen LogP contribution in [0.1, 0.15) is 55.1 Å². The van der Waals surface area contributed by atoms with E-state index in [1.807, 2.05) is 24.3 Å². The molecule has 1 aliphatic heterocycles. The van der Waals surface area contributed by atoms with Crippen molar-refractivity contribution in [1.82, 2.24) is 9.97 Å². The van der Waals surface area contributed by atoms with E-state index in [2.05, 4.69) is 34.8 Å². The van der Waals surface area contributed by atoms with Crippen molar-refractivity contribution >= 4 is 22.7 Å². The van der Waals surface area contributed by atoms with Crippen molar-refractivity contribution in [2.45, 2.75) is 39.0 Å². The minimum absolute atomic E-state index is 0.227. The molecular formula is C22H25N3O2. The lowest BCUT2D eigenvalue weighted by atomic mass is 9.97. The number of anilines is 1. The average Bonchev–Trinajstić information content (AvgIpc) is 3.08. The summed E-state index contributed by atoms with van der Waals surface area (Å²) in [5, 5.41) is 10.7. The lowest BCUT2D eigenvalue weighted by Crippen LogP contribution is -2.29. The maximum absolute atomic E-state index is 11.9. The van der Waals surface area contributed by atoms with E-state index < -0.39 is 5.97 Å². The van der Waals surface area contributed by atoms with Crippen molar-refractivity contribution in [3.63, 3.8) is 0 Å². The van der Waals surface area contributed by atoms with Gasteiger partial charge in [0, 0.05) is 35.8 Å². The molecule has 3 heterocycles. The van der Waals surface area contributed by atoms with E-state index in [1.54, 1.807) is 6.20 Å². The van der Waals surface area contributed by atoms with Crippen LogP contribution in [0.3, 0.4) is 0 Å². The van der Waals surface area contributed by atoms with Crippen LogP contribution in [0.4, 0.5) is 5.82 Å². The number of fused-ring (bicyclic) bond motifs is 1. The number of aromatic amines is 1. The van der Waals surface area contributed by atoms with Gasteiger partial charge in [0.1, 0.15) is 11.5 Å². The van der Waals surface area contributed by atoms with Crippen LogP contribution in [-0.4, -0.2) is 34.1 Å². The second-order valence-corrected chi connectivity index (χ2v) is 7.56. The SMILES string of the molecule is CC(C)c1cccc2c(-c3ccc(N4CCCCC4)nc3)c(C(=O)O)[nH]c12. The fourth-order valence-corrected chi connectivity index (χ4v) is 4.03. The average molecular weight is 363 g/mol. The zero-order valence-corrected chi connectivity index (χ0v) is 15.8. The minimum atomic E-state index is -0.948. The third-order valence-electron chi connectivity index (χ3n) is 5.42. The number of nitrogens with one attached hydrogen (secondary N) is 1. The predicted octanol–water partition coefficient (Wildman–Crippen LogP) is 5.04. The van der Waals surface area contributed by atoms with Gasteiger partial charge in [0.25, 0.3) is 0 Å². The molecular weight excluding hydrogens is 338 g/mol. The van der Waals surface area contributed by atoms with Gasteiger partial charge in [0.05, 0.1) is 5.52 Å². The molecule has 1 saturated heterocycles.